The molecule has 2 aromatic rings. The molecule has 0 aliphatic rings. The van der Waals surface area contributed by atoms with Crippen LogP contribution in [0.25, 0.3) is 6.08 Å². The summed E-state index contributed by atoms with van der Waals surface area (Å²) in [6.45, 7) is 0.569. The van der Waals surface area contributed by atoms with Crippen molar-refractivity contribution < 1.29 is 19.7 Å². The molecule has 4 nitrogen and oxygen atoms in total. The van der Waals surface area contributed by atoms with Gasteiger partial charge < -0.3 is 19.7 Å². The Labute approximate surface area is 143 Å². The SMILES string of the molecule is COCC(C/C=C/c1ccc(O)cc1)C(OC)c1ccc(O)cc1. The maximum Gasteiger partial charge on any atom is 0.115 e. The van der Waals surface area contributed by atoms with Crippen molar-refractivity contribution in [3.8, 4) is 11.5 Å². The van der Waals surface area contributed by atoms with Gasteiger partial charge in [-0.3, -0.25) is 0 Å². The van der Waals surface area contributed by atoms with Crippen molar-refractivity contribution in [3.05, 3.63) is 65.7 Å². The average molecular weight is 328 g/mol. The Morgan fingerprint density at radius 1 is 0.917 bits per heavy atom. The van der Waals surface area contributed by atoms with E-state index in [1.807, 2.05) is 30.3 Å². The summed E-state index contributed by atoms with van der Waals surface area (Å²) >= 11 is 0. The van der Waals surface area contributed by atoms with Crippen molar-refractivity contribution in [2.45, 2.75) is 12.5 Å². The van der Waals surface area contributed by atoms with Crippen LogP contribution >= 0.6 is 0 Å². The summed E-state index contributed by atoms with van der Waals surface area (Å²) in [5, 5.41) is 18.8. The number of rotatable bonds is 8. The molecule has 2 N–H and O–H groups in total. The third kappa shape index (κ3) is 5.11. The van der Waals surface area contributed by atoms with Gasteiger partial charge in [0.15, 0.2) is 0 Å². The van der Waals surface area contributed by atoms with E-state index in [-0.39, 0.29) is 23.5 Å². The molecular weight excluding hydrogens is 304 g/mol. The van der Waals surface area contributed by atoms with Crippen molar-refractivity contribution in [1.82, 2.24) is 0 Å². The number of hydrogen-bond donors (Lipinski definition) is 2. The van der Waals surface area contributed by atoms with Gasteiger partial charge in [0.25, 0.3) is 0 Å². The van der Waals surface area contributed by atoms with Crippen LogP contribution in [-0.4, -0.2) is 31.0 Å². The maximum absolute atomic E-state index is 9.45. The fourth-order valence-corrected chi connectivity index (χ4v) is 2.72. The molecule has 2 rings (SSSR count). The van der Waals surface area contributed by atoms with Crippen molar-refractivity contribution in [1.29, 1.82) is 0 Å². The lowest BCUT2D eigenvalue weighted by molar-refractivity contribution is 0.0142. The van der Waals surface area contributed by atoms with Crippen LogP contribution in [-0.2, 0) is 9.47 Å². The Hall–Kier alpha value is -2.30. The molecule has 0 fully saturated rings. The van der Waals surface area contributed by atoms with E-state index in [1.54, 1.807) is 38.5 Å². The van der Waals surface area contributed by atoms with Crippen LogP contribution in [0.2, 0.25) is 0 Å². The van der Waals surface area contributed by atoms with Gasteiger partial charge >= 0.3 is 0 Å². The van der Waals surface area contributed by atoms with E-state index in [9.17, 15) is 10.2 Å². The number of allylic oxidation sites excluding steroid dienone is 1. The molecule has 2 atom stereocenters. The Morgan fingerprint density at radius 2 is 1.50 bits per heavy atom. The largest absolute Gasteiger partial charge is 0.508 e. The van der Waals surface area contributed by atoms with Crippen molar-refractivity contribution in [2.75, 3.05) is 20.8 Å². The lowest BCUT2D eigenvalue weighted by Crippen LogP contribution is -2.19. The quantitative estimate of drug-likeness (QED) is 0.764. The summed E-state index contributed by atoms with van der Waals surface area (Å²) in [5.74, 6) is 0.651. The lowest BCUT2D eigenvalue weighted by atomic mass is 9.92. The number of ether oxygens (including phenoxy) is 2. The first-order chi connectivity index (χ1) is 11.6. The molecule has 2 unspecified atom stereocenters. The molecule has 128 valence electrons. The van der Waals surface area contributed by atoms with Crippen LogP contribution in [0.4, 0.5) is 0 Å². The minimum absolute atomic E-state index is 0.116. The van der Waals surface area contributed by atoms with Crippen molar-refractivity contribution >= 4 is 6.08 Å². The van der Waals surface area contributed by atoms with Gasteiger partial charge in [-0.25, -0.2) is 0 Å². The Bertz CT molecular complexity index is 632. The van der Waals surface area contributed by atoms with Gasteiger partial charge in [0.2, 0.25) is 0 Å². The summed E-state index contributed by atoms with van der Waals surface area (Å²) in [4.78, 5) is 0. The Balaban J connectivity index is 2.08. The molecular formula is C20H24O4. The first kappa shape index (κ1) is 18.0. The summed E-state index contributed by atoms with van der Waals surface area (Å²) in [5.41, 5.74) is 2.04. The minimum atomic E-state index is -0.116. The average Bonchev–Trinajstić information content (AvgIpc) is 2.59. The van der Waals surface area contributed by atoms with Crippen molar-refractivity contribution in [2.24, 2.45) is 5.92 Å². The summed E-state index contributed by atoms with van der Waals surface area (Å²) < 4.78 is 11.0. The third-order valence-electron chi connectivity index (χ3n) is 3.93. The smallest absolute Gasteiger partial charge is 0.115 e. The predicted octanol–water partition coefficient (Wildman–Crippen LogP) is 4.15. The van der Waals surface area contributed by atoms with E-state index in [4.69, 9.17) is 9.47 Å². The number of aromatic hydroxyl groups is 2. The topological polar surface area (TPSA) is 58.9 Å². The number of methoxy groups -OCH3 is 2. The fraction of sp³-hybridized carbons (Fsp3) is 0.300. The maximum atomic E-state index is 9.45. The molecule has 2 aromatic carbocycles. The van der Waals surface area contributed by atoms with Gasteiger partial charge in [0.1, 0.15) is 11.5 Å². The molecule has 0 aromatic heterocycles. The molecule has 4 heteroatoms. The van der Waals surface area contributed by atoms with Gasteiger partial charge in [-0.15, -0.1) is 0 Å². The van der Waals surface area contributed by atoms with Crippen LogP contribution in [0.3, 0.4) is 0 Å². The minimum Gasteiger partial charge on any atom is -0.508 e. The molecule has 0 radical (unpaired) electrons. The first-order valence-electron chi connectivity index (χ1n) is 7.90. The van der Waals surface area contributed by atoms with E-state index in [2.05, 4.69) is 6.08 Å². The highest BCUT2D eigenvalue weighted by Gasteiger charge is 2.22. The van der Waals surface area contributed by atoms with Gasteiger partial charge in [0.05, 0.1) is 12.7 Å². The number of phenols is 2. The van der Waals surface area contributed by atoms with Crippen LogP contribution in [0.1, 0.15) is 23.7 Å². The van der Waals surface area contributed by atoms with Gasteiger partial charge in [-0.2, -0.15) is 0 Å². The summed E-state index contributed by atoms with van der Waals surface area (Å²) in [6.07, 6.45) is 4.78. The van der Waals surface area contributed by atoms with Gasteiger partial charge in [-0.05, 0) is 41.8 Å². The van der Waals surface area contributed by atoms with Crippen LogP contribution < -0.4 is 0 Å². The number of benzene rings is 2. The highest BCUT2D eigenvalue weighted by molar-refractivity contribution is 5.50. The second kappa shape index (κ2) is 9.11. The van der Waals surface area contributed by atoms with E-state index in [0.29, 0.717) is 6.61 Å². The third-order valence-corrected chi connectivity index (χ3v) is 3.93. The Kier molecular flexibility index (Phi) is 6.85. The number of hydrogen-bond acceptors (Lipinski definition) is 4. The monoisotopic (exact) mass is 328 g/mol. The van der Waals surface area contributed by atoms with E-state index >= 15 is 0 Å². The normalized spacial score (nSPS) is 13.9. The molecule has 24 heavy (non-hydrogen) atoms. The fourth-order valence-electron chi connectivity index (χ4n) is 2.72. The molecule has 0 aliphatic carbocycles. The van der Waals surface area contributed by atoms with Gasteiger partial charge in [0, 0.05) is 20.1 Å². The van der Waals surface area contributed by atoms with Crippen LogP contribution in [0, 0.1) is 5.92 Å². The lowest BCUT2D eigenvalue weighted by Gasteiger charge is -2.25. The highest BCUT2D eigenvalue weighted by Crippen LogP contribution is 2.30. The molecule has 0 saturated carbocycles. The first-order valence-corrected chi connectivity index (χ1v) is 7.90. The predicted molar refractivity (Wildman–Crippen MR) is 95.0 cm³/mol. The van der Waals surface area contributed by atoms with Gasteiger partial charge in [-0.1, -0.05) is 36.4 Å². The molecule has 0 aliphatic heterocycles. The zero-order valence-electron chi connectivity index (χ0n) is 14.1. The Morgan fingerprint density at radius 3 is 2.04 bits per heavy atom. The van der Waals surface area contributed by atoms with Crippen molar-refractivity contribution in [3.63, 3.8) is 0 Å². The molecule has 0 heterocycles. The van der Waals surface area contributed by atoms with E-state index in [0.717, 1.165) is 17.5 Å². The van der Waals surface area contributed by atoms with Crippen LogP contribution in [0.15, 0.2) is 54.6 Å². The molecule has 0 amide bonds. The zero-order chi connectivity index (χ0) is 17.4. The molecule has 0 saturated heterocycles. The molecule has 0 spiro atoms. The highest BCUT2D eigenvalue weighted by atomic mass is 16.5. The standard InChI is InChI=1S/C20H24O4/c1-23-14-17(5-3-4-15-6-10-18(21)11-7-15)20(24-2)16-8-12-19(22)13-9-16/h3-4,6-13,17,20-22H,5,14H2,1-2H3/b4-3+. The molecule has 0 bridgehead atoms. The second-order valence-electron chi connectivity index (χ2n) is 5.69. The van der Waals surface area contributed by atoms with Crippen LogP contribution in [0.5, 0.6) is 11.5 Å². The zero-order valence-corrected chi connectivity index (χ0v) is 14.1. The summed E-state index contributed by atoms with van der Waals surface area (Å²) in [7, 11) is 3.37. The van der Waals surface area contributed by atoms with E-state index < -0.39 is 0 Å². The summed E-state index contributed by atoms with van der Waals surface area (Å²) in [6, 6.07) is 14.1. The second-order valence-corrected chi connectivity index (χ2v) is 5.69. The van der Waals surface area contributed by atoms with E-state index in [1.165, 1.54) is 0 Å². The number of phenolic OH excluding ortho intramolecular Hbond substituents is 2.